The van der Waals surface area contributed by atoms with Gasteiger partial charge in [-0.05, 0) is 30.0 Å². The largest absolute Gasteiger partial charge is 0.235 e. The van der Waals surface area contributed by atoms with Crippen molar-refractivity contribution in [1.82, 2.24) is 0 Å². The highest BCUT2D eigenvalue weighted by molar-refractivity contribution is 7.98. The van der Waals surface area contributed by atoms with E-state index in [9.17, 15) is 9.18 Å². The van der Waals surface area contributed by atoms with Crippen molar-refractivity contribution in [2.24, 2.45) is 4.99 Å². The molecule has 0 N–H and O–H groups in total. The zero-order chi connectivity index (χ0) is 9.68. The fourth-order valence-electron chi connectivity index (χ4n) is 0.988. The molecule has 0 saturated heterocycles. The van der Waals surface area contributed by atoms with E-state index in [4.69, 9.17) is 0 Å². The maximum absolute atomic E-state index is 12.8. The van der Waals surface area contributed by atoms with Crippen LogP contribution in [-0.2, 0) is 11.3 Å². The predicted molar refractivity (Wildman–Crippen MR) is 50.0 cm³/mol. The summed E-state index contributed by atoms with van der Waals surface area (Å²) in [7, 11) is 0. The second-order valence-electron chi connectivity index (χ2n) is 2.36. The van der Waals surface area contributed by atoms with Crippen LogP contribution in [0.15, 0.2) is 28.1 Å². The van der Waals surface area contributed by atoms with Crippen LogP contribution >= 0.6 is 11.8 Å². The number of rotatable bonds is 3. The van der Waals surface area contributed by atoms with E-state index < -0.39 is 0 Å². The normalized spacial score (nSPS) is 9.38. The van der Waals surface area contributed by atoms with E-state index in [0.717, 1.165) is 10.5 Å². The summed E-state index contributed by atoms with van der Waals surface area (Å²) < 4.78 is 12.8. The Morgan fingerprint density at radius 1 is 1.62 bits per heavy atom. The zero-order valence-corrected chi connectivity index (χ0v) is 7.90. The predicted octanol–water partition coefficient (Wildman–Crippen LogP) is 2.38. The van der Waals surface area contributed by atoms with Crippen LogP contribution < -0.4 is 0 Å². The molecule has 0 saturated carbocycles. The van der Waals surface area contributed by atoms with Crippen LogP contribution in [0.1, 0.15) is 5.56 Å². The minimum atomic E-state index is -0.311. The van der Waals surface area contributed by atoms with Crippen LogP contribution in [-0.4, -0.2) is 12.3 Å². The summed E-state index contributed by atoms with van der Waals surface area (Å²) in [6.07, 6.45) is 3.32. The summed E-state index contributed by atoms with van der Waals surface area (Å²) in [5.74, 6) is -0.311. The third-order valence-corrected chi connectivity index (χ3v) is 2.39. The number of hydrogen-bond acceptors (Lipinski definition) is 3. The Hall–Kier alpha value is -1.12. The Kier molecular flexibility index (Phi) is 3.68. The first kappa shape index (κ1) is 9.96. The summed E-state index contributed by atoms with van der Waals surface area (Å²) in [6.45, 7) is 0.192. The van der Waals surface area contributed by atoms with Crippen molar-refractivity contribution in [1.29, 1.82) is 0 Å². The third-order valence-electron chi connectivity index (χ3n) is 1.56. The Morgan fingerprint density at radius 3 is 3.00 bits per heavy atom. The molecule has 1 rings (SSSR count). The van der Waals surface area contributed by atoms with Gasteiger partial charge in [-0.3, -0.25) is 0 Å². The van der Waals surface area contributed by atoms with E-state index in [0.29, 0.717) is 0 Å². The van der Waals surface area contributed by atoms with E-state index in [1.165, 1.54) is 30.0 Å². The summed E-state index contributed by atoms with van der Waals surface area (Å²) >= 11 is 1.50. The van der Waals surface area contributed by atoms with E-state index in [2.05, 4.69) is 4.99 Å². The molecule has 0 aliphatic carbocycles. The lowest BCUT2D eigenvalue weighted by atomic mass is 10.2. The van der Waals surface area contributed by atoms with Crippen LogP contribution in [0.25, 0.3) is 0 Å². The van der Waals surface area contributed by atoms with Gasteiger partial charge in [-0.25, -0.2) is 14.2 Å². The minimum absolute atomic E-state index is 0.192. The fraction of sp³-hybridized carbons (Fsp3) is 0.222. The number of halogens is 1. The van der Waals surface area contributed by atoms with Crippen molar-refractivity contribution in [2.45, 2.75) is 11.4 Å². The van der Waals surface area contributed by atoms with Gasteiger partial charge in [0.2, 0.25) is 6.08 Å². The summed E-state index contributed by atoms with van der Waals surface area (Å²) in [5.41, 5.74) is 0.718. The molecule has 68 valence electrons. The molecule has 0 heterocycles. The van der Waals surface area contributed by atoms with Gasteiger partial charge in [-0.15, -0.1) is 11.8 Å². The van der Waals surface area contributed by atoms with Crippen molar-refractivity contribution >= 4 is 17.8 Å². The number of aliphatic imine (C=N–C) groups is 1. The van der Waals surface area contributed by atoms with Gasteiger partial charge in [0.05, 0.1) is 6.54 Å². The van der Waals surface area contributed by atoms with Crippen molar-refractivity contribution < 1.29 is 9.18 Å². The molecule has 0 fully saturated rings. The van der Waals surface area contributed by atoms with Gasteiger partial charge in [0, 0.05) is 4.90 Å². The molecule has 13 heavy (non-hydrogen) atoms. The molecule has 4 heteroatoms. The van der Waals surface area contributed by atoms with Gasteiger partial charge in [0.15, 0.2) is 0 Å². The van der Waals surface area contributed by atoms with Crippen LogP contribution in [0.4, 0.5) is 4.39 Å². The van der Waals surface area contributed by atoms with Crippen molar-refractivity contribution in [2.75, 3.05) is 6.26 Å². The number of hydrogen-bond donors (Lipinski definition) is 0. The molecule has 0 aromatic heterocycles. The number of benzene rings is 1. The second-order valence-corrected chi connectivity index (χ2v) is 3.21. The van der Waals surface area contributed by atoms with E-state index >= 15 is 0 Å². The van der Waals surface area contributed by atoms with Crippen LogP contribution in [0, 0.1) is 5.82 Å². The standard InChI is InChI=1S/C9H8FNOS/c1-13-9-3-2-8(10)4-7(9)5-11-6-12/h2-4H,5H2,1H3. The topological polar surface area (TPSA) is 29.4 Å². The molecule has 0 aliphatic rings. The van der Waals surface area contributed by atoms with Gasteiger partial charge < -0.3 is 0 Å². The van der Waals surface area contributed by atoms with Crippen LogP contribution in [0.3, 0.4) is 0 Å². The first-order valence-electron chi connectivity index (χ1n) is 3.64. The average molecular weight is 197 g/mol. The molecule has 0 unspecified atom stereocenters. The monoisotopic (exact) mass is 197 g/mol. The molecule has 1 aromatic carbocycles. The summed E-state index contributed by atoms with van der Waals surface area (Å²) in [5, 5.41) is 0. The molecule has 0 amide bonds. The zero-order valence-electron chi connectivity index (χ0n) is 7.08. The van der Waals surface area contributed by atoms with Crippen molar-refractivity contribution in [3.8, 4) is 0 Å². The maximum atomic E-state index is 12.8. The molecule has 0 aliphatic heterocycles. The molecule has 0 atom stereocenters. The molecular formula is C9H8FNOS. The molecule has 1 aromatic rings. The van der Waals surface area contributed by atoms with Gasteiger partial charge >= 0.3 is 0 Å². The van der Waals surface area contributed by atoms with Crippen LogP contribution in [0.5, 0.6) is 0 Å². The van der Waals surface area contributed by atoms with E-state index in [-0.39, 0.29) is 12.4 Å². The average Bonchev–Trinajstić information content (AvgIpc) is 2.15. The Labute approximate surface area is 79.9 Å². The Bertz CT molecular complexity index is 347. The summed E-state index contributed by atoms with van der Waals surface area (Å²) in [6, 6.07) is 4.45. The number of isocyanates is 1. The minimum Gasteiger partial charge on any atom is -0.211 e. The highest BCUT2D eigenvalue weighted by Crippen LogP contribution is 2.21. The van der Waals surface area contributed by atoms with E-state index in [1.54, 1.807) is 6.07 Å². The van der Waals surface area contributed by atoms with Crippen molar-refractivity contribution in [3.63, 3.8) is 0 Å². The van der Waals surface area contributed by atoms with E-state index in [1.807, 2.05) is 6.26 Å². The van der Waals surface area contributed by atoms with Gasteiger partial charge in [-0.2, -0.15) is 0 Å². The molecule has 0 bridgehead atoms. The first-order chi connectivity index (χ1) is 6.27. The number of carbonyl (C=O) groups excluding carboxylic acids is 1. The lowest BCUT2D eigenvalue weighted by Gasteiger charge is -2.02. The third kappa shape index (κ3) is 2.68. The lowest BCUT2D eigenvalue weighted by Crippen LogP contribution is -1.87. The quantitative estimate of drug-likeness (QED) is 0.423. The van der Waals surface area contributed by atoms with Crippen LogP contribution in [0.2, 0.25) is 0 Å². The molecule has 2 nitrogen and oxygen atoms in total. The number of nitrogens with zero attached hydrogens (tertiary/aromatic N) is 1. The van der Waals surface area contributed by atoms with Gasteiger partial charge in [0.1, 0.15) is 5.82 Å². The van der Waals surface area contributed by atoms with Gasteiger partial charge in [-0.1, -0.05) is 0 Å². The molecular weight excluding hydrogens is 189 g/mol. The highest BCUT2D eigenvalue weighted by Gasteiger charge is 2.01. The van der Waals surface area contributed by atoms with Gasteiger partial charge in [0.25, 0.3) is 0 Å². The van der Waals surface area contributed by atoms with Crippen molar-refractivity contribution in [3.05, 3.63) is 29.6 Å². The fourth-order valence-corrected chi connectivity index (χ4v) is 1.58. The summed E-state index contributed by atoms with van der Waals surface area (Å²) in [4.78, 5) is 14.2. The molecule has 0 radical (unpaired) electrons. The number of thioether (sulfide) groups is 1. The first-order valence-corrected chi connectivity index (χ1v) is 4.86. The smallest absolute Gasteiger partial charge is 0.211 e. The SMILES string of the molecule is CSc1ccc(F)cc1CN=C=O. The Morgan fingerprint density at radius 2 is 2.38 bits per heavy atom. The second kappa shape index (κ2) is 4.80. The highest BCUT2D eigenvalue weighted by atomic mass is 32.2. The molecule has 0 spiro atoms. The lowest BCUT2D eigenvalue weighted by molar-refractivity contribution is 0.562. The maximum Gasteiger partial charge on any atom is 0.235 e. The Balaban J connectivity index is 3.00.